The Kier molecular flexibility index (Phi) is 3.90. The van der Waals surface area contributed by atoms with Crippen molar-refractivity contribution in [2.75, 3.05) is 4.72 Å². The Morgan fingerprint density at radius 2 is 1.86 bits per heavy atom. The molecule has 0 radical (unpaired) electrons. The quantitative estimate of drug-likeness (QED) is 0.934. The molecule has 0 aromatic carbocycles. The fraction of sp³-hybridized carbons (Fsp3) is 0.333. The Morgan fingerprint density at radius 1 is 1.23 bits per heavy atom. The minimum Gasteiger partial charge on any atom is -0.278 e. The van der Waals surface area contributed by atoms with Gasteiger partial charge in [0.25, 0.3) is 10.0 Å². The number of hydrogen-bond donors (Lipinski definition) is 1. The van der Waals surface area contributed by atoms with Crippen LogP contribution in [0.2, 0.25) is 0 Å². The average Bonchev–Trinajstić information content (AvgIpc) is 2.62. The molecule has 0 atom stereocenters. The minimum absolute atomic E-state index is 0.00472. The van der Waals surface area contributed by atoms with E-state index in [2.05, 4.69) is 14.8 Å². The predicted octanol–water partition coefficient (Wildman–Crippen LogP) is 2.25. The normalized spacial score (nSPS) is 12.5. The molecule has 0 amide bonds. The van der Waals surface area contributed by atoms with E-state index in [9.17, 15) is 21.6 Å². The number of aromatic nitrogens is 3. The van der Waals surface area contributed by atoms with Gasteiger partial charge in [-0.2, -0.15) is 18.3 Å². The molecule has 2 heterocycles. The number of aryl methyl sites for hydroxylation is 2. The summed E-state index contributed by atoms with van der Waals surface area (Å²) in [5.74, 6) is 0. The SMILES string of the molecule is Cc1nn(C)c(C)c1S(=O)(=O)Nc1ccc(C(F)(F)F)nc1. The topological polar surface area (TPSA) is 76.9 Å². The molecule has 1 N–H and O–H groups in total. The molecule has 0 unspecified atom stereocenters. The predicted molar refractivity (Wildman–Crippen MR) is 72.7 cm³/mol. The standard InChI is InChI=1S/C12H13F3N4O2S/c1-7-11(8(2)19(3)17-7)22(20,21)18-9-4-5-10(16-6-9)12(13,14)15/h4-6,18H,1-3H3. The van der Waals surface area contributed by atoms with E-state index < -0.39 is 21.9 Å². The summed E-state index contributed by atoms with van der Waals surface area (Å²) in [5.41, 5.74) is -0.433. The van der Waals surface area contributed by atoms with Crippen molar-refractivity contribution in [2.45, 2.75) is 24.9 Å². The van der Waals surface area contributed by atoms with Gasteiger partial charge in [0.1, 0.15) is 10.6 Å². The van der Waals surface area contributed by atoms with Crippen molar-refractivity contribution < 1.29 is 21.6 Å². The molecule has 120 valence electrons. The van der Waals surface area contributed by atoms with Gasteiger partial charge in [0, 0.05) is 7.05 Å². The van der Waals surface area contributed by atoms with Gasteiger partial charge in [0.2, 0.25) is 0 Å². The summed E-state index contributed by atoms with van der Waals surface area (Å²) in [6, 6.07) is 1.72. The van der Waals surface area contributed by atoms with Crippen LogP contribution in [0.4, 0.5) is 18.9 Å². The Bertz CT molecular complexity index is 795. The molecule has 0 bridgehead atoms. The van der Waals surface area contributed by atoms with E-state index in [1.54, 1.807) is 14.0 Å². The Labute approximate surface area is 125 Å². The number of nitrogens with zero attached hydrogens (tertiary/aromatic N) is 3. The van der Waals surface area contributed by atoms with Crippen LogP contribution in [0, 0.1) is 13.8 Å². The van der Waals surface area contributed by atoms with E-state index in [4.69, 9.17) is 0 Å². The summed E-state index contributed by atoms with van der Waals surface area (Å²) in [6.45, 7) is 3.12. The number of hydrogen-bond acceptors (Lipinski definition) is 4. The van der Waals surface area contributed by atoms with Crippen LogP contribution in [-0.2, 0) is 23.2 Å². The zero-order chi connectivity index (χ0) is 16.7. The number of nitrogens with one attached hydrogen (secondary N) is 1. The van der Waals surface area contributed by atoms with Crippen LogP contribution < -0.4 is 4.72 Å². The van der Waals surface area contributed by atoms with Crippen molar-refractivity contribution in [3.8, 4) is 0 Å². The molecule has 0 saturated carbocycles. The smallest absolute Gasteiger partial charge is 0.278 e. The molecular formula is C12H13F3N4O2S. The fourth-order valence-corrected chi connectivity index (χ4v) is 3.46. The van der Waals surface area contributed by atoms with Gasteiger partial charge >= 0.3 is 6.18 Å². The summed E-state index contributed by atoms with van der Waals surface area (Å²) >= 11 is 0. The van der Waals surface area contributed by atoms with Crippen LogP contribution >= 0.6 is 0 Å². The van der Waals surface area contributed by atoms with E-state index in [-0.39, 0.29) is 10.6 Å². The molecule has 2 aromatic heterocycles. The van der Waals surface area contributed by atoms with Crippen LogP contribution in [0.3, 0.4) is 0 Å². The highest BCUT2D eigenvalue weighted by atomic mass is 32.2. The van der Waals surface area contributed by atoms with Crippen LogP contribution in [0.25, 0.3) is 0 Å². The number of sulfonamides is 1. The van der Waals surface area contributed by atoms with Crippen LogP contribution in [0.5, 0.6) is 0 Å². The van der Waals surface area contributed by atoms with Gasteiger partial charge in [-0.15, -0.1) is 0 Å². The minimum atomic E-state index is -4.58. The highest BCUT2D eigenvalue weighted by Crippen LogP contribution is 2.28. The lowest BCUT2D eigenvalue weighted by molar-refractivity contribution is -0.141. The molecule has 10 heteroatoms. The van der Waals surface area contributed by atoms with E-state index in [1.807, 2.05) is 0 Å². The monoisotopic (exact) mass is 334 g/mol. The van der Waals surface area contributed by atoms with Gasteiger partial charge in [-0.3, -0.25) is 9.40 Å². The molecule has 0 saturated heterocycles. The van der Waals surface area contributed by atoms with Crippen molar-refractivity contribution in [1.82, 2.24) is 14.8 Å². The Morgan fingerprint density at radius 3 is 2.27 bits per heavy atom. The molecule has 6 nitrogen and oxygen atoms in total. The Hall–Kier alpha value is -2.10. The number of alkyl halides is 3. The lowest BCUT2D eigenvalue weighted by atomic mass is 10.3. The first-order valence-electron chi connectivity index (χ1n) is 6.08. The first kappa shape index (κ1) is 16.3. The summed E-state index contributed by atoms with van der Waals surface area (Å²) in [7, 11) is -2.36. The number of anilines is 1. The first-order chi connectivity index (χ1) is 10.0. The second-order valence-electron chi connectivity index (χ2n) is 4.66. The number of pyridine rings is 1. The molecule has 0 spiro atoms. The zero-order valence-corrected chi connectivity index (χ0v) is 12.7. The maximum absolute atomic E-state index is 12.4. The van der Waals surface area contributed by atoms with Crippen molar-refractivity contribution in [2.24, 2.45) is 7.05 Å². The third-order valence-electron chi connectivity index (χ3n) is 3.02. The zero-order valence-electron chi connectivity index (χ0n) is 11.9. The van der Waals surface area contributed by atoms with E-state index in [1.165, 1.54) is 11.6 Å². The highest BCUT2D eigenvalue weighted by molar-refractivity contribution is 7.92. The van der Waals surface area contributed by atoms with Crippen molar-refractivity contribution in [1.29, 1.82) is 0 Å². The molecule has 0 fully saturated rings. The summed E-state index contributed by atoms with van der Waals surface area (Å²) in [4.78, 5) is 3.20. The fourth-order valence-electron chi connectivity index (χ4n) is 1.97. The molecule has 0 aliphatic carbocycles. The summed E-state index contributed by atoms with van der Waals surface area (Å²) in [6.07, 6.45) is -3.75. The molecular weight excluding hydrogens is 321 g/mol. The first-order valence-corrected chi connectivity index (χ1v) is 7.57. The van der Waals surface area contributed by atoms with Gasteiger partial charge < -0.3 is 0 Å². The summed E-state index contributed by atoms with van der Waals surface area (Å²) < 4.78 is 65.5. The maximum Gasteiger partial charge on any atom is 0.433 e. The third-order valence-corrected chi connectivity index (χ3v) is 4.65. The largest absolute Gasteiger partial charge is 0.433 e. The van der Waals surface area contributed by atoms with Crippen molar-refractivity contribution >= 4 is 15.7 Å². The second-order valence-corrected chi connectivity index (χ2v) is 6.28. The molecule has 2 aromatic rings. The van der Waals surface area contributed by atoms with Crippen LogP contribution in [0.15, 0.2) is 23.2 Å². The molecule has 0 aliphatic rings. The second kappa shape index (κ2) is 5.27. The van der Waals surface area contributed by atoms with Gasteiger partial charge in [-0.05, 0) is 26.0 Å². The lowest BCUT2D eigenvalue weighted by Gasteiger charge is -2.10. The van der Waals surface area contributed by atoms with E-state index in [0.717, 1.165) is 12.3 Å². The van der Waals surface area contributed by atoms with Crippen molar-refractivity contribution in [3.05, 3.63) is 35.4 Å². The summed E-state index contributed by atoms with van der Waals surface area (Å²) in [5, 5.41) is 4.00. The highest BCUT2D eigenvalue weighted by Gasteiger charge is 2.32. The van der Waals surface area contributed by atoms with Crippen LogP contribution in [0.1, 0.15) is 17.1 Å². The van der Waals surface area contributed by atoms with Gasteiger partial charge in [-0.1, -0.05) is 0 Å². The lowest BCUT2D eigenvalue weighted by Crippen LogP contribution is -2.15. The third kappa shape index (κ3) is 3.06. The molecule has 2 rings (SSSR count). The molecule has 0 aliphatic heterocycles. The number of rotatable bonds is 3. The number of halogens is 3. The van der Waals surface area contributed by atoms with Crippen molar-refractivity contribution in [3.63, 3.8) is 0 Å². The maximum atomic E-state index is 12.4. The molecule has 22 heavy (non-hydrogen) atoms. The van der Waals surface area contributed by atoms with E-state index >= 15 is 0 Å². The van der Waals surface area contributed by atoms with E-state index in [0.29, 0.717) is 17.5 Å². The van der Waals surface area contributed by atoms with Crippen LogP contribution in [-0.4, -0.2) is 23.2 Å². The van der Waals surface area contributed by atoms with Gasteiger partial charge in [-0.25, -0.2) is 13.4 Å². The Balaban J connectivity index is 2.33. The van der Waals surface area contributed by atoms with Gasteiger partial charge in [0.15, 0.2) is 0 Å². The van der Waals surface area contributed by atoms with Gasteiger partial charge in [0.05, 0.1) is 23.3 Å². The average molecular weight is 334 g/mol.